The summed E-state index contributed by atoms with van der Waals surface area (Å²) in [6, 6.07) is 1.97. The standard InChI is InChI=1S/C15H20N2O2S/c1-15(2)14(19)16(3)7-8-17(15)11-13-12(5-4-9-18)6-10-20-13/h6,10,18H,7-9,11H2,1-3H3. The minimum atomic E-state index is -0.487. The Kier molecular flexibility index (Phi) is 4.48. The molecule has 108 valence electrons. The summed E-state index contributed by atoms with van der Waals surface area (Å²) in [7, 11) is 1.85. The summed E-state index contributed by atoms with van der Waals surface area (Å²) in [5, 5.41) is 10.8. The molecule has 1 amide bonds. The minimum Gasteiger partial charge on any atom is -0.384 e. The average molecular weight is 292 g/mol. The Morgan fingerprint density at radius 2 is 2.20 bits per heavy atom. The molecule has 0 radical (unpaired) electrons. The van der Waals surface area contributed by atoms with E-state index in [1.54, 1.807) is 16.2 Å². The van der Waals surface area contributed by atoms with E-state index in [-0.39, 0.29) is 12.5 Å². The van der Waals surface area contributed by atoms with Crippen LogP contribution >= 0.6 is 11.3 Å². The van der Waals surface area contributed by atoms with Crippen molar-refractivity contribution in [1.82, 2.24) is 9.80 Å². The zero-order valence-electron chi connectivity index (χ0n) is 12.1. The Balaban J connectivity index is 2.18. The minimum absolute atomic E-state index is 0.131. The molecule has 1 aliphatic heterocycles. The molecule has 20 heavy (non-hydrogen) atoms. The lowest BCUT2D eigenvalue weighted by Crippen LogP contribution is -2.61. The lowest BCUT2D eigenvalue weighted by molar-refractivity contribution is -0.147. The van der Waals surface area contributed by atoms with Crippen LogP contribution in [0.5, 0.6) is 0 Å². The van der Waals surface area contributed by atoms with Crippen molar-refractivity contribution in [1.29, 1.82) is 0 Å². The molecular formula is C15H20N2O2S. The number of amides is 1. The van der Waals surface area contributed by atoms with Gasteiger partial charge in [0, 0.05) is 37.1 Å². The van der Waals surface area contributed by atoms with Crippen LogP contribution in [0.15, 0.2) is 11.4 Å². The second kappa shape index (κ2) is 5.96. The number of carbonyl (C=O) groups excluding carboxylic acids is 1. The van der Waals surface area contributed by atoms with Crippen molar-refractivity contribution in [2.45, 2.75) is 25.9 Å². The van der Waals surface area contributed by atoms with E-state index in [9.17, 15) is 4.79 Å². The van der Waals surface area contributed by atoms with E-state index in [0.29, 0.717) is 0 Å². The van der Waals surface area contributed by atoms with Crippen LogP contribution in [0.2, 0.25) is 0 Å². The molecule has 2 heterocycles. The van der Waals surface area contributed by atoms with Crippen LogP contribution in [0.3, 0.4) is 0 Å². The van der Waals surface area contributed by atoms with Crippen molar-refractivity contribution >= 4 is 17.2 Å². The third-order valence-corrected chi connectivity index (χ3v) is 4.65. The zero-order valence-corrected chi connectivity index (χ0v) is 13.0. The molecule has 1 fully saturated rings. The molecule has 0 unspecified atom stereocenters. The number of thiophene rings is 1. The summed E-state index contributed by atoms with van der Waals surface area (Å²) in [5.74, 6) is 5.81. The topological polar surface area (TPSA) is 43.8 Å². The monoisotopic (exact) mass is 292 g/mol. The fourth-order valence-electron chi connectivity index (χ4n) is 2.41. The van der Waals surface area contributed by atoms with Gasteiger partial charge in [-0.15, -0.1) is 11.3 Å². The third-order valence-electron chi connectivity index (χ3n) is 3.75. The van der Waals surface area contributed by atoms with Gasteiger partial charge < -0.3 is 10.0 Å². The normalized spacial score (nSPS) is 18.8. The molecule has 0 bridgehead atoms. The van der Waals surface area contributed by atoms with E-state index in [0.717, 1.165) is 30.1 Å². The van der Waals surface area contributed by atoms with Crippen molar-refractivity contribution in [3.8, 4) is 11.8 Å². The van der Waals surface area contributed by atoms with Crippen LogP contribution in [0.4, 0.5) is 0 Å². The van der Waals surface area contributed by atoms with Crippen LogP contribution in [0.1, 0.15) is 24.3 Å². The molecule has 1 saturated heterocycles. The Labute approximate surface area is 124 Å². The summed E-state index contributed by atoms with van der Waals surface area (Å²) in [6.45, 7) is 6.15. The maximum absolute atomic E-state index is 12.3. The molecule has 4 nitrogen and oxygen atoms in total. The fourth-order valence-corrected chi connectivity index (χ4v) is 3.26. The average Bonchev–Trinajstić information content (AvgIpc) is 2.85. The molecule has 1 aromatic rings. The van der Waals surface area contributed by atoms with Gasteiger partial charge in [-0.3, -0.25) is 9.69 Å². The highest BCUT2D eigenvalue weighted by molar-refractivity contribution is 7.10. The largest absolute Gasteiger partial charge is 0.384 e. The first-order valence-corrected chi connectivity index (χ1v) is 7.51. The van der Waals surface area contributed by atoms with Gasteiger partial charge in [0.15, 0.2) is 0 Å². The maximum Gasteiger partial charge on any atom is 0.242 e. The van der Waals surface area contributed by atoms with Gasteiger partial charge in [0.2, 0.25) is 5.91 Å². The van der Waals surface area contributed by atoms with E-state index in [2.05, 4.69) is 16.7 Å². The first-order valence-electron chi connectivity index (χ1n) is 6.63. The number of carbonyl (C=O) groups is 1. The molecule has 0 aromatic carbocycles. The van der Waals surface area contributed by atoms with Crippen LogP contribution < -0.4 is 0 Å². The second-order valence-corrected chi connectivity index (χ2v) is 6.43. The molecule has 1 aliphatic rings. The highest BCUT2D eigenvalue weighted by atomic mass is 32.1. The lowest BCUT2D eigenvalue weighted by Gasteiger charge is -2.44. The molecule has 0 aliphatic carbocycles. The van der Waals surface area contributed by atoms with Crippen LogP contribution in [0, 0.1) is 11.8 Å². The van der Waals surface area contributed by atoms with E-state index in [4.69, 9.17) is 5.11 Å². The van der Waals surface area contributed by atoms with Crippen LogP contribution in [-0.2, 0) is 11.3 Å². The number of aliphatic hydroxyl groups is 1. The van der Waals surface area contributed by atoms with Crippen LogP contribution in [-0.4, -0.2) is 53.1 Å². The highest BCUT2D eigenvalue weighted by Gasteiger charge is 2.40. The zero-order chi connectivity index (χ0) is 14.8. The van der Waals surface area contributed by atoms with Gasteiger partial charge >= 0.3 is 0 Å². The first kappa shape index (κ1) is 15.0. The molecule has 1 aromatic heterocycles. The second-order valence-electron chi connectivity index (χ2n) is 5.42. The van der Waals surface area contributed by atoms with Gasteiger partial charge in [0.25, 0.3) is 0 Å². The summed E-state index contributed by atoms with van der Waals surface area (Å²) in [5.41, 5.74) is 0.463. The predicted octanol–water partition coefficient (Wildman–Crippen LogP) is 1.14. The Morgan fingerprint density at radius 3 is 2.90 bits per heavy atom. The van der Waals surface area contributed by atoms with Crippen LogP contribution in [0.25, 0.3) is 0 Å². The van der Waals surface area contributed by atoms with E-state index in [1.165, 1.54) is 0 Å². The van der Waals surface area contributed by atoms with Gasteiger partial charge in [0.1, 0.15) is 6.61 Å². The molecule has 1 N–H and O–H groups in total. The fraction of sp³-hybridized carbons (Fsp3) is 0.533. The van der Waals surface area contributed by atoms with Crippen molar-refractivity contribution in [2.24, 2.45) is 0 Å². The van der Waals surface area contributed by atoms with Gasteiger partial charge in [0.05, 0.1) is 5.54 Å². The third kappa shape index (κ3) is 2.88. The molecule has 0 atom stereocenters. The van der Waals surface area contributed by atoms with Gasteiger partial charge in [-0.05, 0) is 25.3 Å². The van der Waals surface area contributed by atoms with E-state index in [1.807, 2.05) is 32.3 Å². The molecule has 0 spiro atoms. The number of piperazine rings is 1. The smallest absolute Gasteiger partial charge is 0.242 e. The van der Waals surface area contributed by atoms with E-state index < -0.39 is 5.54 Å². The number of nitrogens with zero attached hydrogens (tertiary/aromatic N) is 2. The van der Waals surface area contributed by atoms with Gasteiger partial charge in [-0.2, -0.15) is 0 Å². The Hall–Kier alpha value is -1.35. The van der Waals surface area contributed by atoms with Crippen molar-refractivity contribution in [2.75, 3.05) is 26.7 Å². The Morgan fingerprint density at radius 1 is 1.45 bits per heavy atom. The summed E-state index contributed by atoms with van der Waals surface area (Å²) in [4.78, 5) is 17.4. The SMILES string of the molecule is CN1CCN(Cc2sccc2C#CCO)C(C)(C)C1=O. The number of hydrogen-bond donors (Lipinski definition) is 1. The highest BCUT2D eigenvalue weighted by Crippen LogP contribution is 2.26. The summed E-state index contributed by atoms with van der Waals surface area (Å²) < 4.78 is 0. The summed E-state index contributed by atoms with van der Waals surface area (Å²) in [6.07, 6.45) is 0. The molecule has 2 rings (SSSR count). The van der Waals surface area contributed by atoms with Gasteiger partial charge in [-0.1, -0.05) is 11.8 Å². The summed E-state index contributed by atoms with van der Waals surface area (Å²) >= 11 is 1.65. The Bertz CT molecular complexity index is 554. The van der Waals surface area contributed by atoms with Gasteiger partial charge in [-0.25, -0.2) is 0 Å². The van der Waals surface area contributed by atoms with E-state index >= 15 is 0 Å². The van der Waals surface area contributed by atoms with Crippen molar-refractivity contribution in [3.05, 3.63) is 21.9 Å². The van der Waals surface area contributed by atoms with Crippen molar-refractivity contribution < 1.29 is 9.90 Å². The molecule has 5 heteroatoms. The van der Waals surface area contributed by atoms with Crippen molar-refractivity contribution in [3.63, 3.8) is 0 Å². The number of likely N-dealkylation sites (N-methyl/N-ethyl adjacent to an activating group) is 1. The number of aliphatic hydroxyl groups excluding tert-OH is 1. The number of rotatable bonds is 2. The maximum atomic E-state index is 12.3. The molecular weight excluding hydrogens is 272 g/mol. The quantitative estimate of drug-likeness (QED) is 0.832. The lowest BCUT2D eigenvalue weighted by atomic mass is 9.97. The predicted molar refractivity (Wildman–Crippen MR) is 80.4 cm³/mol. The first-order chi connectivity index (χ1) is 9.46. The number of hydrogen-bond acceptors (Lipinski definition) is 4. The molecule has 0 saturated carbocycles.